The van der Waals surface area contributed by atoms with Gasteiger partial charge in [0.2, 0.25) is 0 Å². The van der Waals surface area contributed by atoms with Gasteiger partial charge in [0.05, 0.1) is 5.75 Å². The molecule has 0 radical (unpaired) electrons. The monoisotopic (exact) mass is 357 g/mol. The number of thioether (sulfide) groups is 1. The lowest BCUT2D eigenvalue weighted by molar-refractivity contribution is 0.102. The number of benzene rings is 2. The first-order valence-corrected chi connectivity index (χ1v) is 8.27. The van der Waals surface area contributed by atoms with E-state index in [2.05, 4.69) is 27.0 Å². The Hall–Kier alpha value is -1.65. The molecule has 21 heavy (non-hydrogen) atoms. The Labute approximate surface area is 135 Å². The maximum absolute atomic E-state index is 12.2. The van der Waals surface area contributed by atoms with Crippen LogP contribution in [0.1, 0.15) is 10.4 Å². The number of hydrogen-bond acceptors (Lipinski definition) is 3. The number of hydrogen-bond donors (Lipinski definition) is 0. The molecule has 0 N–H and O–H groups in total. The van der Waals surface area contributed by atoms with E-state index in [0.717, 1.165) is 25.8 Å². The van der Waals surface area contributed by atoms with E-state index in [1.807, 2.05) is 48.5 Å². The second-order valence-electron chi connectivity index (χ2n) is 4.56. The van der Waals surface area contributed by atoms with Crippen LogP contribution in [-0.4, -0.2) is 16.5 Å². The number of halogens is 1. The molecular formula is C17H12BrNOS. The van der Waals surface area contributed by atoms with Gasteiger partial charge in [-0.2, -0.15) is 0 Å². The first-order valence-electron chi connectivity index (χ1n) is 6.49. The fraction of sp³-hybridized carbons (Fsp3) is 0.0588. The van der Waals surface area contributed by atoms with Crippen LogP contribution in [0.5, 0.6) is 0 Å². The molecule has 3 rings (SSSR count). The van der Waals surface area contributed by atoms with Gasteiger partial charge in [-0.15, -0.1) is 0 Å². The smallest absolute Gasteiger partial charge is 0.173 e. The second kappa shape index (κ2) is 6.41. The minimum atomic E-state index is 0.113. The van der Waals surface area contributed by atoms with Gasteiger partial charge in [0.25, 0.3) is 0 Å². The Morgan fingerprint density at radius 1 is 1.05 bits per heavy atom. The zero-order chi connectivity index (χ0) is 14.7. The molecule has 1 heterocycles. The Balaban J connectivity index is 1.77. The molecule has 0 saturated heterocycles. The van der Waals surface area contributed by atoms with Crippen LogP contribution in [0.4, 0.5) is 0 Å². The minimum Gasteiger partial charge on any atom is -0.293 e. The van der Waals surface area contributed by atoms with Gasteiger partial charge in [-0.3, -0.25) is 4.79 Å². The summed E-state index contributed by atoms with van der Waals surface area (Å²) in [5.41, 5.74) is 0.728. The molecule has 0 aliphatic rings. The molecule has 0 saturated carbocycles. The van der Waals surface area contributed by atoms with Crippen LogP contribution >= 0.6 is 27.7 Å². The highest BCUT2D eigenvalue weighted by atomic mass is 79.9. The normalized spacial score (nSPS) is 10.7. The van der Waals surface area contributed by atoms with Crippen LogP contribution < -0.4 is 0 Å². The van der Waals surface area contributed by atoms with Crippen LogP contribution in [0.25, 0.3) is 10.8 Å². The van der Waals surface area contributed by atoms with Crippen LogP contribution in [0, 0.1) is 0 Å². The summed E-state index contributed by atoms with van der Waals surface area (Å²) < 4.78 is 0.974. The number of carbonyl (C=O) groups excluding carboxylic acids is 1. The van der Waals surface area contributed by atoms with Gasteiger partial charge in [-0.05, 0) is 23.6 Å². The van der Waals surface area contributed by atoms with Crippen molar-refractivity contribution in [1.29, 1.82) is 0 Å². The summed E-state index contributed by atoms with van der Waals surface area (Å²) in [5, 5.41) is 3.14. The van der Waals surface area contributed by atoms with Crippen molar-refractivity contribution in [3.05, 3.63) is 70.8 Å². The number of carbonyl (C=O) groups is 1. The third kappa shape index (κ3) is 3.34. The quantitative estimate of drug-likeness (QED) is 0.487. The zero-order valence-electron chi connectivity index (χ0n) is 11.1. The number of ketones is 1. The lowest BCUT2D eigenvalue weighted by Crippen LogP contribution is -2.02. The molecule has 0 unspecified atom stereocenters. The van der Waals surface area contributed by atoms with Gasteiger partial charge >= 0.3 is 0 Å². The van der Waals surface area contributed by atoms with Crippen molar-refractivity contribution >= 4 is 44.2 Å². The molecule has 3 aromatic rings. The van der Waals surface area contributed by atoms with Crippen LogP contribution in [-0.2, 0) is 0 Å². The van der Waals surface area contributed by atoms with Crippen molar-refractivity contribution in [1.82, 2.24) is 4.98 Å². The van der Waals surface area contributed by atoms with E-state index in [9.17, 15) is 4.79 Å². The highest BCUT2D eigenvalue weighted by molar-refractivity contribution is 9.10. The van der Waals surface area contributed by atoms with Crippen LogP contribution in [0.15, 0.2) is 70.3 Å². The van der Waals surface area contributed by atoms with Crippen molar-refractivity contribution in [2.24, 2.45) is 0 Å². The number of aromatic nitrogens is 1. The summed E-state index contributed by atoms with van der Waals surface area (Å²) in [6, 6.07) is 17.5. The standard InChI is InChI=1S/C17H12BrNOS/c18-14-7-5-13(6-8-14)16(20)11-21-17-15-4-2-1-3-12(15)9-10-19-17/h1-10H,11H2. The van der Waals surface area contributed by atoms with E-state index in [0.29, 0.717) is 5.75 Å². The number of pyridine rings is 1. The number of nitrogens with zero attached hydrogens (tertiary/aromatic N) is 1. The Morgan fingerprint density at radius 3 is 2.62 bits per heavy atom. The first kappa shape index (κ1) is 14.3. The van der Waals surface area contributed by atoms with Crippen molar-refractivity contribution in [3.63, 3.8) is 0 Å². The highest BCUT2D eigenvalue weighted by Gasteiger charge is 2.09. The van der Waals surface area contributed by atoms with E-state index in [1.54, 1.807) is 6.20 Å². The summed E-state index contributed by atoms with van der Waals surface area (Å²) in [6.07, 6.45) is 1.79. The summed E-state index contributed by atoms with van der Waals surface area (Å²) >= 11 is 4.86. The maximum atomic E-state index is 12.2. The lowest BCUT2D eigenvalue weighted by Gasteiger charge is -2.05. The van der Waals surface area contributed by atoms with E-state index < -0.39 is 0 Å². The van der Waals surface area contributed by atoms with Gasteiger partial charge in [0.15, 0.2) is 5.78 Å². The molecule has 0 aliphatic heterocycles. The Morgan fingerprint density at radius 2 is 1.81 bits per heavy atom. The fourth-order valence-electron chi connectivity index (χ4n) is 2.06. The SMILES string of the molecule is O=C(CSc1nccc2ccccc12)c1ccc(Br)cc1. The molecule has 0 atom stereocenters. The second-order valence-corrected chi connectivity index (χ2v) is 6.44. The van der Waals surface area contributed by atoms with Gasteiger partial charge in [-0.25, -0.2) is 4.98 Å². The molecular weight excluding hydrogens is 346 g/mol. The maximum Gasteiger partial charge on any atom is 0.173 e. The molecule has 4 heteroatoms. The summed E-state index contributed by atoms with van der Waals surface area (Å²) in [4.78, 5) is 16.6. The van der Waals surface area contributed by atoms with Crippen LogP contribution in [0.3, 0.4) is 0 Å². The molecule has 0 aliphatic carbocycles. The van der Waals surface area contributed by atoms with Crippen molar-refractivity contribution in [2.45, 2.75) is 5.03 Å². The summed E-state index contributed by atoms with van der Waals surface area (Å²) in [6.45, 7) is 0. The first-order chi connectivity index (χ1) is 10.2. The van der Waals surface area contributed by atoms with Crippen molar-refractivity contribution in [3.8, 4) is 0 Å². The topological polar surface area (TPSA) is 30.0 Å². The van der Waals surface area contributed by atoms with Crippen molar-refractivity contribution in [2.75, 3.05) is 5.75 Å². The molecule has 0 bridgehead atoms. The molecule has 1 aromatic heterocycles. The van der Waals surface area contributed by atoms with Gasteiger partial charge < -0.3 is 0 Å². The van der Waals surface area contributed by atoms with Gasteiger partial charge in [0.1, 0.15) is 5.03 Å². The van der Waals surface area contributed by atoms with E-state index >= 15 is 0 Å². The summed E-state index contributed by atoms with van der Waals surface area (Å²) in [7, 11) is 0. The third-order valence-electron chi connectivity index (χ3n) is 3.14. The molecule has 0 spiro atoms. The number of Topliss-reactive ketones (excluding diaryl/α,β-unsaturated/α-hetero) is 1. The van der Waals surface area contributed by atoms with Crippen LogP contribution in [0.2, 0.25) is 0 Å². The number of fused-ring (bicyclic) bond motifs is 1. The van der Waals surface area contributed by atoms with E-state index in [-0.39, 0.29) is 5.78 Å². The van der Waals surface area contributed by atoms with E-state index in [4.69, 9.17) is 0 Å². The van der Waals surface area contributed by atoms with Gasteiger partial charge in [-0.1, -0.05) is 64.1 Å². The molecule has 0 amide bonds. The predicted octanol–water partition coefficient (Wildman–Crippen LogP) is 4.97. The van der Waals surface area contributed by atoms with E-state index in [1.165, 1.54) is 11.8 Å². The highest BCUT2D eigenvalue weighted by Crippen LogP contribution is 2.26. The Kier molecular flexibility index (Phi) is 4.36. The minimum absolute atomic E-state index is 0.113. The Bertz CT molecular complexity index is 781. The average molecular weight is 358 g/mol. The molecule has 2 nitrogen and oxygen atoms in total. The molecule has 104 valence electrons. The third-order valence-corrected chi connectivity index (χ3v) is 4.68. The fourth-order valence-corrected chi connectivity index (χ4v) is 3.24. The lowest BCUT2D eigenvalue weighted by atomic mass is 10.2. The molecule has 0 fully saturated rings. The largest absolute Gasteiger partial charge is 0.293 e. The predicted molar refractivity (Wildman–Crippen MR) is 90.9 cm³/mol. The van der Waals surface area contributed by atoms with Crippen molar-refractivity contribution < 1.29 is 4.79 Å². The van der Waals surface area contributed by atoms with Gasteiger partial charge in [0, 0.05) is 21.6 Å². The average Bonchev–Trinajstić information content (AvgIpc) is 2.53. The number of rotatable bonds is 4. The summed E-state index contributed by atoms with van der Waals surface area (Å²) in [5.74, 6) is 0.505. The molecule has 2 aromatic carbocycles. The zero-order valence-corrected chi connectivity index (χ0v) is 13.5.